The van der Waals surface area contributed by atoms with Crippen molar-refractivity contribution in [3.8, 4) is 0 Å². The monoisotopic (exact) mass is 516 g/mol. The maximum atomic E-state index is 13.1. The lowest BCUT2D eigenvalue weighted by Gasteiger charge is -2.22. The lowest BCUT2D eigenvalue weighted by atomic mass is 10.0. The smallest absolute Gasteiger partial charge is 0.416 e. The van der Waals surface area contributed by atoms with Gasteiger partial charge in [0.1, 0.15) is 5.00 Å². The van der Waals surface area contributed by atoms with Gasteiger partial charge in [-0.2, -0.15) is 26.3 Å². The first-order valence-electron chi connectivity index (χ1n) is 9.42. The van der Waals surface area contributed by atoms with Crippen LogP contribution in [-0.2, 0) is 30.1 Å². The van der Waals surface area contributed by atoms with E-state index >= 15 is 0 Å². The fourth-order valence-electron chi connectivity index (χ4n) is 3.30. The number of thiophene rings is 1. The van der Waals surface area contributed by atoms with Crippen LogP contribution in [0, 0.1) is 0 Å². The van der Waals surface area contributed by atoms with Gasteiger partial charge in [-0.05, 0) is 44.2 Å². The molecule has 5 nitrogen and oxygen atoms in total. The van der Waals surface area contributed by atoms with E-state index in [1.54, 1.807) is 6.92 Å². The zero-order valence-electron chi connectivity index (χ0n) is 17.3. The molecule has 0 fully saturated rings. The number of carbonyl (C=O) groups excluding carboxylic acids is 2. The van der Waals surface area contributed by atoms with Gasteiger partial charge in [-0.25, -0.2) is 4.79 Å². The third-order valence-corrected chi connectivity index (χ3v) is 5.94. The standard InChI is InChI=1S/C20H18F6N2O3S.ClH/c1-3-31-18(30)15-13-4-5-28(2)9-14(13)32-17(15)27-16(29)10-6-11(19(21,22)23)8-12(7-10)20(24,25)26;/h6-8H,3-5,9H2,1-2H3,(H,27,29);1H. The van der Waals surface area contributed by atoms with Crippen molar-refractivity contribution in [2.45, 2.75) is 32.2 Å². The van der Waals surface area contributed by atoms with Crippen molar-refractivity contribution in [2.75, 3.05) is 25.5 Å². The molecule has 182 valence electrons. The highest BCUT2D eigenvalue weighted by atomic mass is 35.5. The fraction of sp³-hybridized carbons (Fsp3) is 0.400. The van der Waals surface area contributed by atoms with Crippen LogP contribution in [0.2, 0.25) is 0 Å². The van der Waals surface area contributed by atoms with Crippen LogP contribution in [0.15, 0.2) is 18.2 Å². The van der Waals surface area contributed by atoms with E-state index in [1.807, 2.05) is 11.9 Å². The molecule has 0 aliphatic carbocycles. The summed E-state index contributed by atoms with van der Waals surface area (Å²) in [5, 5.41) is 2.35. The van der Waals surface area contributed by atoms with Gasteiger partial charge in [0.25, 0.3) is 5.91 Å². The highest BCUT2D eigenvalue weighted by molar-refractivity contribution is 7.17. The fourth-order valence-corrected chi connectivity index (χ4v) is 4.61. The van der Waals surface area contributed by atoms with Crippen LogP contribution in [0.25, 0.3) is 0 Å². The van der Waals surface area contributed by atoms with E-state index in [0.29, 0.717) is 37.2 Å². The van der Waals surface area contributed by atoms with Crippen LogP contribution in [0.5, 0.6) is 0 Å². The molecular weight excluding hydrogens is 498 g/mol. The lowest BCUT2D eigenvalue weighted by Crippen LogP contribution is -2.26. The minimum atomic E-state index is -5.08. The van der Waals surface area contributed by atoms with Gasteiger partial charge in [0.05, 0.1) is 23.3 Å². The number of carbonyl (C=O) groups is 2. The van der Waals surface area contributed by atoms with Crippen LogP contribution in [0.3, 0.4) is 0 Å². The van der Waals surface area contributed by atoms with E-state index in [0.717, 1.165) is 16.2 Å². The molecule has 2 heterocycles. The summed E-state index contributed by atoms with van der Waals surface area (Å²) in [5.74, 6) is -1.91. The molecule has 1 aromatic carbocycles. The number of alkyl halides is 6. The van der Waals surface area contributed by atoms with Gasteiger partial charge in [-0.3, -0.25) is 4.79 Å². The van der Waals surface area contributed by atoms with Crippen LogP contribution in [0.4, 0.5) is 31.3 Å². The van der Waals surface area contributed by atoms with Crippen LogP contribution < -0.4 is 5.32 Å². The van der Waals surface area contributed by atoms with E-state index in [9.17, 15) is 35.9 Å². The Hall–Kier alpha value is -2.31. The van der Waals surface area contributed by atoms with E-state index < -0.39 is 40.9 Å². The molecule has 1 aliphatic rings. The second-order valence-electron chi connectivity index (χ2n) is 7.16. The molecule has 0 saturated carbocycles. The molecule has 3 rings (SSSR count). The Morgan fingerprint density at radius 1 is 1.09 bits per heavy atom. The highest BCUT2D eigenvalue weighted by Gasteiger charge is 2.38. The SMILES string of the molecule is CCOC(=O)c1c(NC(=O)c2cc(C(F)(F)F)cc(C(F)(F)F)c2)sc2c1CCN(C)C2.Cl. The molecule has 2 aromatic rings. The number of esters is 1. The third kappa shape index (κ3) is 5.98. The number of amides is 1. The topological polar surface area (TPSA) is 58.6 Å². The molecular formula is C20H19ClF6N2O3S. The highest BCUT2D eigenvalue weighted by Crippen LogP contribution is 2.39. The average molecular weight is 517 g/mol. The van der Waals surface area contributed by atoms with Crippen molar-refractivity contribution in [3.63, 3.8) is 0 Å². The van der Waals surface area contributed by atoms with Gasteiger partial charge in [0, 0.05) is 23.5 Å². The number of ether oxygens (including phenoxy) is 1. The Labute approximate surface area is 195 Å². The van der Waals surface area contributed by atoms with Crippen molar-refractivity contribution < 1.29 is 40.7 Å². The Morgan fingerprint density at radius 3 is 2.18 bits per heavy atom. The second kappa shape index (κ2) is 9.90. The predicted octanol–water partition coefficient (Wildman–Crippen LogP) is 5.62. The summed E-state index contributed by atoms with van der Waals surface area (Å²) in [4.78, 5) is 27.9. The Balaban J connectivity index is 0.00000385. The van der Waals surface area contributed by atoms with Gasteiger partial charge in [-0.1, -0.05) is 0 Å². The number of hydrogen-bond acceptors (Lipinski definition) is 5. The normalized spacial score (nSPS) is 14.3. The molecule has 0 atom stereocenters. The van der Waals surface area contributed by atoms with Crippen molar-refractivity contribution in [1.29, 1.82) is 0 Å². The Bertz CT molecular complexity index is 1020. The maximum absolute atomic E-state index is 13.1. The quantitative estimate of drug-likeness (QED) is 0.423. The third-order valence-electron chi connectivity index (χ3n) is 4.80. The maximum Gasteiger partial charge on any atom is 0.416 e. The summed E-state index contributed by atoms with van der Waals surface area (Å²) in [7, 11) is 1.85. The predicted molar refractivity (Wildman–Crippen MR) is 112 cm³/mol. The van der Waals surface area contributed by atoms with Crippen molar-refractivity contribution in [3.05, 3.63) is 50.9 Å². The number of halogens is 7. The van der Waals surface area contributed by atoms with E-state index in [-0.39, 0.29) is 35.6 Å². The molecule has 0 radical (unpaired) electrons. The zero-order valence-corrected chi connectivity index (χ0v) is 18.9. The summed E-state index contributed by atoms with van der Waals surface area (Å²) < 4.78 is 83.7. The minimum Gasteiger partial charge on any atom is -0.462 e. The number of benzene rings is 1. The number of nitrogens with zero attached hydrogens (tertiary/aromatic N) is 1. The summed E-state index contributed by atoms with van der Waals surface area (Å²) in [6.45, 7) is 2.75. The number of fused-ring (bicyclic) bond motifs is 1. The number of hydrogen-bond donors (Lipinski definition) is 1. The molecule has 0 saturated heterocycles. The average Bonchev–Trinajstić information content (AvgIpc) is 3.03. The van der Waals surface area contributed by atoms with Crippen molar-refractivity contribution in [2.24, 2.45) is 0 Å². The molecule has 0 spiro atoms. The van der Waals surface area contributed by atoms with Gasteiger partial charge >= 0.3 is 18.3 Å². The molecule has 33 heavy (non-hydrogen) atoms. The van der Waals surface area contributed by atoms with E-state index in [2.05, 4.69) is 5.32 Å². The number of nitrogens with one attached hydrogen (secondary N) is 1. The first-order valence-corrected chi connectivity index (χ1v) is 10.2. The lowest BCUT2D eigenvalue weighted by molar-refractivity contribution is -0.143. The Kier molecular flexibility index (Phi) is 8.08. The molecule has 1 N–H and O–H groups in total. The van der Waals surface area contributed by atoms with Crippen molar-refractivity contribution >= 4 is 40.6 Å². The van der Waals surface area contributed by atoms with Crippen LogP contribution >= 0.6 is 23.7 Å². The summed E-state index contributed by atoms with van der Waals surface area (Å²) in [6.07, 6.45) is -9.69. The number of rotatable bonds is 4. The molecule has 0 bridgehead atoms. The molecule has 0 unspecified atom stereocenters. The van der Waals surface area contributed by atoms with Gasteiger partial charge in [0.2, 0.25) is 0 Å². The molecule has 1 amide bonds. The largest absolute Gasteiger partial charge is 0.462 e. The first kappa shape index (κ1) is 26.9. The Morgan fingerprint density at radius 2 is 1.67 bits per heavy atom. The summed E-state index contributed by atoms with van der Waals surface area (Å²) in [6, 6.07) is 0.631. The molecule has 1 aromatic heterocycles. The van der Waals surface area contributed by atoms with Gasteiger partial charge in [0.15, 0.2) is 0 Å². The van der Waals surface area contributed by atoms with Gasteiger partial charge in [-0.15, -0.1) is 23.7 Å². The number of likely N-dealkylation sites (N-methyl/N-ethyl adjacent to an activating group) is 1. The van der Waals surface area contributed by atoms with Crippen molar-refractivity contribution in [1.82, 2.24) is 4.90 Å². The minimum absolute atomic E-state index is 0. The van der Waals surface area contributed by atoms with E-state index in [1.165, 1.54) is 0 Å². The number of anilines is 1. The summed E-state index contributed by atoms with van der Waals surface area (Å²) in [5.41, 5.74) is -3.30. The second-order valence-corrected chi connectivity index (χ2v) is 8.27. The zero-order chi connectivity index (χ0) is 23.8. The molecule has 13 heteroatoms. The van der Waals surface area contributed by atoms with E-state index in [4.69, 9.17) is 4.74 Å². The first-order chi connectivity index (χ1) is 14.8. The van der Waals surface area contributed by atoms with Crippen LogP contribution in [0.1, 0.15) is 49.2 Å². The van der Waals surface area contributed by atoms with Gasteiger partial charge < -0.3 is 15.0 Å². The molecule has 1 aliphatic heterocycles. The van der Waals surface area contributed by atoms with Crippen LogP contribution in [-0.4, -0.2) is 37.0 Å². The summed E-state index contributed by atoms with van der Waals surface area (Å²) >= 11 is 1.04.